The van der Waals surface area contributed by atoms with Gasteiger partial charge in [-0.15, -0.1) is 0 Å². The summed E-state index contributed by atoms with van der Waals surface area (Å²) in [7, 11) is 0. The molecule has 17 heavy (non-hydrogen) atoms. The fourth-order valence-electron chi connectivity index (χ4n) is 1.80. The number of hydrogen-bond acceptors (Lipinski definition) is 1. The van der Waals surface area contributed by atoms with Crippen LogP contribution in [0.3, 0.4) is 0 Å². The smallest absolute Gasteiger partial charge is 0.0353 e. The highest BCUT2D eigenvalue weighted by Crippen LogP contribution is 2.24. The van der Waals surface area contributed by atoms with Crippen molar-refractivity contribution in [1.82, 2.24) is 0 Å². The van der Waals surface area contributed by atoms with Gasteiger partial charge >= 0.3 is 0 Å². The molecule has 0 radical (unpaired) electrons. The summed E-state index contributed by atoms with van der Waals surface area (Å²) < 4.78 is 2.42. The van der Waals surface area contributed by atoms with Crippen molar-refractivity contribution in [3.8, 4) is 0 Å². The van der Waals surface area contributed by atoms with Gasteiger partial charge in [-0.25, -0.2) is 0 Å². The molecule has 0 fully saturated rings. The second-order valence-electron chi connectivity index (χ2n) is 4.63. The predicted molar refractivity (Wildman–Crippen MR) is 88.6 cm³/mol. The van der Waals surface area contributed by atoms with Gasteiger partial charge in [0.1, 0.15) is 0 Å². The maximum absolute atomic E-state index is 3.64. The Morgan fingerprint density at radius 2 is 2.00 bits per heavy atom. The summed E-state index contributed by atoms with van der Waals surface area (Å²) in [5.74, 6) is 0.793. The molecule has 0 aliphatic heterocycles. The Bertz CT molecular complexity index is 354. The minimum atomic E-state index is 0.585. The van der Waals surface area contributed by atoms with Crippen molar-refractivity contribution in [2.75, 3.05) is 5.32 Å². The zero-order chi connectivity index (χ0) is 12.8. The molecule has 0 amide bonds. The number of anilines is 1. The number of hydrogen-bond donors (Lipinski definition) is 1. The summed E-state index contributed by atoms with van der Waals surface area (Å²) in [6.45, 7) is 6.85. The summed E-state index contributed by atoms with van der Waals surface area (Å²) >= 11 is 5.88. The summed E-state index contributed by atoms with van der Waals surface area (Å²) in [6.07, 6.45) is 3.69. The number of nitrogens with one attached hydrogen (secondary N) is 1. The van der Waals surface area contributed by atoms with Crippen molar-refractivity contribution in [1.29, 1.82) is 0 Å². The first-order valence-corrected chi connectivity index (χ1v) is 8.15. The molecule has 0 aliphatic carbocycles. The third-order valence-corrected chi connectivity index (χ3v) is 5.49. The maximum atomic E-state index is 3.64. The minimum Gasteiger partial charge on any atom is -0.382 e. The van der Waals surface area contributed by atoms with E-state index in [1.54, 1.807) is 0 Å². The van der Waals surface area contributed by atoms with Crippen molar-refractivity contribution < 1.29 is 0 Å². The van der Waals surface area contributed by atoms with Crippen LogP contribution in [0.5, 0.6) is 0 Å². The lowest BCUT2D eigenvalue weighted by Gasteiger charge is -2.21. The lowest BCUT2D eigenvalue weighted by Crippen LogP contribution is -2.21. The van der Waals surface area contributed by atoms with Gasteiger partial charge in [0.05, 0.1) is 0 Å². The van der Waals surface area contributed by atoms with Gasteiger partial charge in [0.15, 0.2) is 0 Å². The second-order valence-corrected chi connectivity index (χ2v) is 6.64. The SMILES string of the molecule is CCC(C)CC(CC)Nc1ccc(Br)c(I)c1. The quantitative estimate of drug-likeness (QED) is 0.596. The minimum absolute atomic E-state index is 0.585. The van der Waals surface area contributed by atoms with Gasteiger partial charge in [-0.1, -0.05) is 27.2 Å². The molecule has 0 aliphatic rings. The van der Waals surface area contributed by atoms with Crippen LogP contribution in [0.4, 0.5) is 5.69 Å². The fourth-order valence-corrected chi connectivity index (χ4v) is 2.56. The Hall–Kier alpha value is 0.230. The molecular weight excluding hydrogens is 389 g/mol. The van der Waals surface area contributed by atoms with E-state index in [2.05, 4.69) is 82.8 Å². The average Bonchev–Trinajstić information content (AvgIpc) is 2.32. The normalized spacial score (nSPS) is 14.4. The third-order valence-electron chi connectivity index (χ3n) is 3.17. The molecule has 1 aromatic carbocycles. The van der Waals surface area contributed by atoms with E-state index in [1.807, 2.05) is 0 Å². The molecule has 1 aromatic rings. The predicted octanol–water partition coefficient (Wildman–Crippen LogP) is 5.68. The molecule has 0 heterocycles. The van der Waals surface area contributed by atoms with Gasteiger partial charge in [0.2, 0.25) is 0 Å². The van der Waals surface area contributed by atoms with Crippen LogP contribution in [0, 0.1) is 9.49 Å². The van der Waals surface area contributed by atoms with Crippen LogP contribution >= 0.6 is 38.5 Å². The van der Waals surface area contributed by atoms with Crippen molar-refractivity contribution in [3.05, 3.63) is 26.2 Å². The molecule has 1 rings (SSSR count). The van der Waals surface area contributed by atoms with Gasteiger partial charge in [-0.05, 0) is 75.5 Å². The summed E-state index contributed by atoms with van der Waals surface area (Å²) in [5, 5.41) is 3.64. The lowest BCUT2D eigenvalue weighted by molar-refractivity contribution is 0.462. The zero-order valence-electron chi connectivity index (χ0n) is 10.8. The zero-order valence-corrected chi connectivity index (χ0v) is 14.5. The highest BCUT2D eigenvalue weighted by Gasteiger charge is 2.10. The summed E-state index contributed by atoms with van der Waals surface area (Å²) in [5.41, 5.74) is 1.23. The van der Waals surface area contributed by atoms with Crippen LogP contribution in [0.15, 0.2) is 22.7 Å². The molecule has 0 spiro atoms. The second kappa shape index (κ2) is 7.62. The molecular formula is C14H21BrIN. The van der Waals surface area contributed by atoms with Crippen LogP contribution < -0.4 is 5.32 Å². The van der Waals surface area contributed by atoms with Gasteiger partial charge in [0, 0.05) is 19.8 Å². The Labute approximate surface area is 127 Å². The first-order valence-electron chi connectivity index (χ1n) is 6.28. The van der Waals surface area contributed by atoms with Crippen molar-refractivity contribution >= 4 is 44.2 Å². The third kappa shape index (κ3) is 5.16. The van der Waals surface area contributed by atoms with E-state index in [0.717, 1.165) is 5.92 Å². The first-order chi connectivity index (χ1) is 8.06. The lowest BCUT2D eigenvalue weighted by atomic mass is 9.97. The molecule has 0 saturated carbocycles. The molecule has 1 N–H and O–H groups in total. The van der Waals surface area contributed by atoms with E-state index >= 15 is 0 Å². The van der Waals surface area contributed by atoms with E-state index in [9.17, 15) is 0 Å². The average molecular weight is 410 g/mol. The molecule has 1 nitrogen and oxygen atoms in total. The van der Waals surface area contributed by atoms with Gasteiger partial charge in [0.25, 0.3) is 0 Å². The van der Waals surface area contributed by atoms with Crippen molar-refractivity contribution in [2.45, 2.75) is 46.1 Å². The Morgan fingerprint density at radius 1 is 1.29 bits per heavy atom. The van der Waals surface area contributed by atoms with Gasteiger partial charge in [-0.3, -0.25) is 0 Å². The van der Waals surface area contributed by atoms with Crippen molar-refractivity contribution in [3.63, 3.8) is 0 Å². The summed E-state index contributed by atoms with van der Waals surface area (Å²) in [6, 6.07) is 7.04. The standard InChI is InChI=1S/C14H21BrIN/c1-4-10(3)8-11(5-2)17-12-6-7-13(15)14(16)9-12/h6-7,9-11,17H,4-5,8H2,1-3H3. The van der Waals surface area contributed by atoms with Crippen LogP contribution in [-0.2, 0) is 0 Å². The van der Waals surface area contributed by atoms with E-state index in [1.165, 1.54) is 33.0 Å². The molecule has 96 valence electrons. The highest BCUT2D eigenvalue weighted by molar-refractivity contribution is 14.1. The topological polar surface area (TPSA) is 12.0 Å². The molecule has 0 saturated heterocycles. The monoisotopic (exact) mass is 409 g/mol. The van der Waals surface area contributed by atoms with Crippen LogP contribution in [-0.4, -0.2) is 6.04 Å². The molecule has 2 unspecified atom stereocenters. The largest absolute Gasteiger partial charge is 0.382 e. The highest BCUT2D eigenvalue weighted by atomic mass is 127. The maximum Gasteiger partial charge on any atom is 0.0353 e. The Morgan fingerprint density at radius 3 is 2.53 bits per heavy atom. The van der Waals surface area contributed by atoms with E-state index < -0.39 is 0 Å². The molecule has 0 aromatic heterocycles. The molecule has 2 atom stereocenters. The fraction of sp³-hybridized carbons (Fsp3) is 0.571. The molecule has 3 heteroatoms. The van der Waals surface area contributed by atoms with Crippen molar-refractivity contribution in [2.24, 2.45) is 5.92 Å². The molecule has 0 bridgehead atoms. The van der Waals surface area contributed by atoms with Crippen LogP contribution in [0.1, 0.15) is 40.0 Å². The summed E-state index contributed by atoms with van der Waals surface area (Å²) in [4.78, 5) is 0. The van der Waals surface area contributed by atoms with Gasteiger partial charge in [-0.2, -0.15) is 0 Å². The number of benzene rings is 1. The first kappa shape index (κ1) is 15.3. The number of halogens is 2. The van der Waals surface area contributed by atoms with Crippen LogP contribution in [0.25, 0.3) is 0 Å². The Kier molecular flexibility index (Phi) is 6.85. The number of rotatable bonds is 6. The van der Waals surface area contributed by atoms with E-state index in [0.29, 0.717) is 6.04 Å². The van der Waals surface area contributed by atoms with E-state index in [4.69, 9.17) is 0 Å². The van der Waals surface area contributed by atoms with Gasteiger partial charge < -0.3 is 5.32 Å². The Balaban J connectivity index is 2.63. The van der Waals surface area contributed by atoms with E-state index in [-0.39, 0.29) is 0 Å². The van der Waals surface area contributed by atoms with Crippen LogP contribution in [0.2, 0.25) is 0 Å².